The maximum absolute atomic E-state index is 5.42. The van der Waals surface area contributed by atoms with Crippen molar-refractivity contribution in [1.82, 2.24) is 10.6 Å². The van der Waals surface area contributed by atoms with Crippen molar-refractivity contribution in [2.45, 2.75) is 33.1 Å². The van der Waals surface area contributed by atoms with E-state index in [-0.39, 0.29) is 0 Å². The molecular formula is C19H33N3O3. The lowest BCUT2D eigenvalue weighted by atomic mass is 10.1. The van der Waals surface area contributed by atoms with Crippen LogP contribution in [0, 0.1) is 0 Å². The molecular weight excluding hydrogens is 318 g/mol. The van der Waals surface area contributed by atoms with E-state index in [0.29, 0.717) is 0 Å². The van der Waals surface area contributed by atoms with Crippen LogP contribution in [0.1, 0.15) is 32.3 Å². The van der Waals surface area contributed by atoms with Crippen molar-refractivity contribution < 1.29 is 14.2 Å². The van der Waals surface area contributed by atoms with Crippen LogP contribution in [0.2, 0.25) is 0 Å². The Labute approximate surface area is 152 Å². The van der Waals surface area contributed by atoms with Gasteiger partial charge in [-0.2, -0.15) is 0 Å². The molecule has 0 saturated heterocycles. The van der Waals surface area contributed by atoms with Gasteiger partial charge in [-0.3, -0.25) is 4.99 Å². The molecule has 1 aromatic carbocycles. The average Bonchev–Trinajstić information content (AvgIpc) is 2.64. The standard InChI is InChI=1S/C19H33N3O3/c1-5-20-19(21-12-7-8-14-25-6-2)22-13-11-16-15-17(23-3)9-10-18(16)24-4/h9-10,15H,5-8,11-14H2,1-4H3,(H2,20,21,22). The third-order valence-electron chi connectivity index (χ3n) is 3.69. The normalized spacial score (nSPS) is 11.3. The minimum absolute atomic E-state index is 0.772. The van der Waals surface area contributed by atoms with Gasteiger partial charge < -0.3 is 24.8 Å². The molecule has 0 saturated carbocycles. The van der Waals surface area contributed by atoms with E-state index in [0.717, 1.165) is 75.1 Å². The summed E-state index contributed by atoms with van der Waals surface area (Å²) >= 11 is 0. The Morgan fingerprint density at radius 2 is 1.92 bits per heavy atom. The summed E-state index contributed by atoms with van der Waals surface area (Å²) < 4.78 is 16.1. The summed E-state index contributed by atoms with van der Waals surface area (Å²) in [5.41, 5.74) is 1.11. The van der Waals surface area contributed by atoms with Crippen molar-refractivity contribution in [2.24, 2.45) is 4.99 Å². The van der Waals surface area contributed by atoms with Crippen LogP contribution in [0.3, 0.4) is 0 Å². The first-order chi connectivity index (χ1) is 12.2. The first-order valence-electron chi connectivity index (χ1n) is 9.05. The monoisotopic (exact) mass is 351 g/mol. The summed E-state index contributed by atoms with van der Waals surface area (Å²) in [7, 11) is 3.36. The molecule has 0 unspecified atom stereocenters. The van der Waals surface area contributed by atoms with Crippen LogP contribution < -0.4 is 20.1 Å². The van der Waals surface area contributed by atoms with Crippen LogP contribution in [0.25, 0.3) is 0 Å². The Kier molecular flexibility index (Phi) is 11.3. The molecule has 0 fully saturated rings. The molecule has 142 valence electrons. The molecule has 1 aromatic rings. The van der Waals surface area contributed by atoms with E-state index >= 15 is 0 Å². The van der Waals surface area contributed by atoms with Gasteiger partial charge in [-0.15, -0.1) is 0 Å². The molecule has 0 aliphatic heterocycles. The maximum Gasteiger partial charge on any atom is 0.191 e. The highest BCUT2D eigenvalue weighted by Crippen LogP contribution is 2.24. The second-order valence-electron chi connectivity index (χ2n) is 5.52. The number of aliphatic imine (C=N–C) groups is 1. The van der Waals surface area contributed by atoms with Crippen LogP contribution in [-0.4, -0.2) is 53.0 Å². The Hall–Kier alpha value is -1.95. The predicted molar refractivity (Wildman–Crippen MR) is 103 cm³/mol. The van der Waals surface area contributed by atoms with E-state index in [1.54, 1.807) is 14.2 Å². The van der Waals surface area contributed by atoms with Crippen LogP contribution in [-0.2, 0) is 11.2 Å². The Balaban J connectivity index is 2.46. The number of hydrogen-bond donors (Lipinski definition) is 2. The second kappa shape index (κ2) is 13.4. The van der Waals surface area contributed by atoms with E-state index in [2.05, 4.69) is 22.5 Å². The first kappa shape index (κ1) is 21.1. The highest BCUT2D eigenvalue weighted by Gasteiger charge is 2.05. The fourth-order valence-electron chi connectivity index (χ4n) is 2.39. The molecule has 0 bridgehead atoms. The molecule has 0 heterocycles. The molecule has 0 aromatic heterocycles. The quantitative estimate of drug-likeness (QED) is 0.344. The number of benzene rings is 1. The smallest absolute Gasteiger partial charge is 0.191 e. The zero-order valence-corrected chi connectivity index (χ0v) is 16.1. The van der Waals surface area contributed by atoms with Crippen molar-refractivity contribution in [3.05, 3.63) is 23.8 Å². The number of ether oxygens (including phenoxy) is 3. The lowest BCUT2D eigenvalue weighted by Gasteiger charge is -2.13. The van der Waals surface area contributed by atoms with Gasteiger partial charge in [0.2, 0.25) is 0 Å². The number of guanidine groups is 1. The highest BCUT2D eigenvalue weighted by molar-refractivity contribution is 5.79. The maximum atomic E-state index is 5.42. The molecule has 0 atom stereocenters. The molecule has 1 rings (SSSR count). The largest absolute Gasteiger partial charge is 0.497 e. The topological polar surface area (TPSA) is 64.1 Å². The van der Waals surface area contributed by atoms with E-state index in [4.69, 9.17) is 14.2 Å². The molecule has 0 spiro atoms. The predicted octanol–water partition coefficient (Wildman–Crippen LogP) is 2.62. The van der Waals surface area contributed by atoms with Crippen molar-refractivity contribution >= 4 is 5.96 Å². The summed E-state index contributed by atoms with van der Waals surface area (Å²) in [4.78, 5) is 4.60. The summed E-state index contributed by atoms with van der Waals surface area (Å²) in [6.45, 7) is 8.08. The van der Waals surface area contributed by atoms with E-state index in [1.165, 1.54) is 0 Å². The number of hydrogen-bond acceptors (Lipinski definition) is 4. The third kappa shape index (κ3) is 8.63. The molecule has 0 radical (unpaired) electrons. The van der Waals surface area contributed by atoms with Gasteiger partial charge in [0.05, 0.1) is 14.2 Å². The number of nitrogens with zero attached hydrogens (tertiary/aromatic N) is 1. The van der Waals surface area contributed by atoms with Crippen LogP contribution in [0.15, 0.2) is 23.2 Å². The molecule has 6 heteroatoms. The van der Waals surface area contributed by atoms with Gasteiger partial charge in [0.25, 0.3) is 0 Å². The lowest BCUT2D eigenvalue weighted by Crippen LogP contribution is -2.38. The third-order valence-corrected chi connectivity index (χ3v) is 3.69. The van der Waals surface area contributed by atoms with Crippen molar-refractivity contribution in [2.75, 3.05) is 47.1 Å². The molecule has 0 amide bonds. The minimum Gasteiger partial charge on any atom is -0.497 e. The van der Waals surface area contributed by atoms with Crippen molar-refractivity contribution in [1.29, 1.82) is 0 Å². The summed E-state index contributed by atoms with van der Waals surface area (Å²) in [6, 6.07) is 5.85. The number of rotatable bonds is 12. The Morgan fingerprint density at radius 1 is 1.08 bits per heavy atom. The number of unbranched alkanes of at least 4 members (excludes halogenated alkanes) is 1. The van der Waals surface area contributed by atoms with Gasteiger partial charge in [-0.05, 0) is 56.9 Å². The summed E-state index contributed by atoms with van der Waals surface area (Å²) in [6.07, 6.45) is 2.90. The van der Waals surface area contributed by atoms with E-state index < -0.39 is 0 Å². The zero-order chi connectivity index (χ0) is 18.3. The lowest BCUT2D eigenvalue weighted by molar-refractivity contribution is 0.144. The first-order valence-corrected chi connectivity index (χ1v) is 9.05. The van der Waals surface area contributed by atoms with Gasteiger partial charge in [-0.25, -0.2) is 0 Å². The van der Waals surface area contributed by atoms with Gasteiger partial charge >= 0.3 is 0 Å². The molecule has 0 aliphatic carbocycles. The van der Waals surface area contributed by atoms with Crippen LogP contribution in [0.5, 0.6) is 11.5 Å². The van der Waals surface area contributed by atoms with Crippen LogP contribution in [0.4, 0.5) is 0 Å². The highest BCUT2D eigenvalue weighted by atomic mass is 16.5. The average molecular weight is 351 g/mol. The van der Waals surface area contributed by atoms with E-state index in [1.807, 2.05) is 25.1 Å². The van der Waals surface area contributed by atoms with Gasteiger partial charge in [0.1, 0.15) is 11.5 Å². The van der Waals surface area contributed by atoms with Crippen molar-refractivity contribution in [3.8, 4) is 11.5 Å². The van der Waals surface area contributed by atoms with E-state index in [9.17, 15) is 0 Å². The molecule has 6 nitrogen and oxygen atoms in total. The summed E-state index contributed by atoms with van der Waals surface area (Å²) in [5, 5.41) is 6.65. The molecule has 0 aliphatic rings. The van der Waals surface area contributed by atoms with Gasteiger partial charge in [0.15, 0.2) is 5.96 Å². The fourth-order valence-corrected chi connectivity index (χ4v) is 2.39. The number of nitrogens with one attached hydrogen (secondary N) is 2. The minimum atomic E-state index is 0.772. The van der Waals surface area contributed by atoms with Crippen molar-refractivity contribution in [3.63, 3.8) is 0 Å². The second-order valence-corrected chi connectivity index (χ2v) is 5.52. The Bertz CT molecular complexity index is 507. The molecule has 2 N–H and O–H groups in total. The summed E-state index contributed by atoms with van der Waals surface area (Å²) in [5.74, 6) is 2.56. The number of methoxy groups -OCH3 is 2. The van der Waals surface area contributed by atoms with Crippen LogP contribution >= 0.6 is 0 Å². The van der Waals surface area contributed by atoms with Gasteiger partial charge in [-0.1, -0.05) is 0 Å². The van der Waals surface area contributed by atoms with Gasteiger partial charge in [0, 0.05) is 32.8 Å². The fraction of sp³-hybridized carbons (Fsp3) is 0.632. The SMILES string of the molecule is CCNC(=NCCCCOCC)NCCc1cc(OC)ccc1OC. The zero-order valence-electron chi connectivity index (χ0n) is 16.1. The molecule has 25 heavy (non-hydrogen) atoms. The Morgan fingerprint density at radius 3 is 2.60 bits per heavy atom.